The lowest BCUT2D eigenvalue weighted by Gasteiger charge is -2.24. The number of rotatable bonds is 2. The Morgan fingerprint density at radius 2 is 1.62 bits per heavy atom. The van der Waals surface area contributed by atoms with Crippen LogP contribution in [-0.4, -0.2) is 23.7 Å². The van der Waals surface area contributed by atoms with E-state index in [0.29, 0.717) is 12.8 Å². The van der Waals surface area contributed by atoms with E-state index in [1.807, 2.05) is 0 Å². The first-order valence-electron chi connectivity index (χ1n) is 4.40. The molecule has 0 N–H and O–H groups in total. The first-order valence-corrected chi connectivity index (χ1v) is 5.89. The van der Waals surface area contributed by atoms with Crippen molar-refractivity contribution in [3.05, 3.63) is 0 Å². The highest BCUT2D eigenvalue weighted by Gasteiger charge is 2.61. The summed E-state index contributed by atoms with van der Waals surface area (Å²) >= 11 is 0. The van der Waals surface area contributed by atoms with E-state index >= 15 is 0 Å². The Labute approximate surface area is 79.4 Å². The highest BCUT2D eigenvalue weighted by atomic mass is 32.2. The van der Waals surface area contributed by atoms with Crippen LogP contribution < -0.4 is 0 Å². The summed E-state index contributed by atoms with van der Waals surface area (Å²) < 4.78 is 22.1. The van der Waals surface area contributed by atoms with Crippen LogP contribution in [-0.2, 0) is 14.6 Å². The van der Waals surface area contributed by atoms with Crippen LogP contribution in [0.1, 0.15) is 40.5 Å². The molecule has 1 saturated carbocycles. The van der Waals surface area contributed by atoms with Gasteiger partial charge in [-0.1, -0.05) is 0 Å². The lowest BCUT2D eigenvalue weighted by molar-refractivity contribution is -0.117. The minimum atomic E-state index is -3.31. The van der Waals surface area contributed by atoms with Crippen molar-refractivity contribution in [2.45, 2.75) is 50.0 Å². The van der Waals surface area contributed by atoms with Crippen LogP contribution >= 0.6 is 0 Å². The molecule has 0 aliphatic heterocycles. The first kappa shape index (κ1) is 10.7. The topological polar surface area (TPSA) is 51.2 Å². The van der Waals surface area contributed by atoms with Crippen molar-refractivity contribution in [3.8, 4) is 0 Å². The number of hydrogen-bond donors (Lipinski definition) is 0. The van der Waals surface area contributed by atoms with Gasteiger partial charge in [0.25, 0.3) is 0 Å². The molecule has 76 valence electrons. The van der Waals surface area contributed by atoms with Gasteiger partial charge in [0.1, 0.15) is 4.75 Å². The SMILES string of the molecule is CC(=O)C1(S(=O)(=O)C(C)(C)C)CC1. The molecule has 1 aliphatic rings. The monoisotopic (exact) mass is 204 g/mol. The lowest BCUT2D eigenvalue weighted by Crippen LogP contribution is -2.42. The van der Waals surface area contributed by atoms with Crippen LogP contribution in [0.4, 0.5) is 0 Å². The normalized spacial score (nSPS) is 21.2. The fourth-order valence-corrected chi connectivity index (χ4v) is 3.70. The standard InChI is InChI=1S/C9H16O3S/c1-7(10)9(5-6-9)13(11,12)8(2,3)4/h5-6H2,1-4H3. The van der Waals surface area contributed by atoms with E-state index in [2.05, 4.69) is 0 Å². The van der Waals surface area contributed by atoms with Crippen molar-refractivity contribution in [1.29, 1.82) is 0 Å². The second kappa shape index (κ2) is 2.56. The maximum absolute atomic E-state index is 12.0. The van der Waals surface area contributed by atoms with Gasteiger partial charge in [0.2, 0.25) is 0 Å². The fraction of sp³-hybridized carbons (Fsp3) is 0.889. The molecule has 0 atom stereocenters. The van der Waals surface area contributed by atoms with Crippen molar-refractivity contribution in [2.24, 2.45) is 0 Å². The molecule has 0 unspecified atom stereocenters. The maximum atomic E-state index is 12.0. The van der Waals surface area contributed by atoms with Gasteiger partial charge in [-0.3, -0.25) is 4.79 Å². The quantitative estimate of drug-likeness (QED) is 0.681. The van der Waals surface area contributed by atoms with Gasteiger partial charge < -0.3 is 0 Å². The number of carbonyl (C=O) groups excluding carboxylic acids is 1. The first-order chi connectivity index (χ1) is 5.65. The summed E-state index contributed by atoms with van der Waals surface area (Å²) in [7, 11) is -3.31. The van der Waals surface area contributed by atoms with Crippen LogP contribution in [0.5, 0.6) is 0 Å². The highest BCUT2D eigenvalue weighted by Crippen LogP contribution is 2.48. The summed E-state index contributed by atoms with van der Waals surface area (Å²) in [6.07, 6.45) is 1.00. The van der Waals surface area contributed by atoms with Crippen molar-refractivity contribution in [3.63, 3.8) is 0 Å². The zero-order chi connectivity index (χ0) is 10.5. The van der Waals surface area contributed by atoms with Crippen LogP contribution in [0.15, 0.2) is 0 Å². The molecule has 0 amide bonds. The molecule has 13 heavy (non-hydrogen) atoms. The molecule has 4 heteroatoms. The van der Waals surface area contributed by atoms with E-state index in [1.54, 1.807) is 20.8 Å². The number of hydrogen-bond acceptors (Lipinski definition) is 3. The number of Topliss-reactive ketones (excluding diaryl/α,β-unsaturated/α-hetero) is 1. The number of carbonyl (C=O) groups is 1. The molecule has 3 nitrogen and oxygen atoms in total. The molecular weight excluding hydrogens is 188 g/mol. The summed E-state index contributed by atoms with van der Waals surface area (Å²) in [6, 6.07) is 0. The van der Waals surface area contributed by atoms with E-state index in [4.69, 9.17) is 0 Å². The number of sulfone groups is 1. The average molecular weight is 204 g/mol. The van der Waals surface area contributed by atoms with Crippen LogP contribution in [0.3, 0.4) is 0 Å². The summed E-state index contributed by atoms with van der Waals surface area (Å²) in [5.41, 5.74) is 0. The molecule has 0 aromatic rings. The van der Waals surface area contributed by atoms with Gasteiger partial charge in [-0.05, 0) is 40.5 Å². The Bertz CT molecular complexity index is 328. The van der Waals surface area contributed by atoms with E-state index in [0.717, 1.165) is 0 Å². The summed E-state index contributed by atoms with van der Waals surface area (Å²) in [5.74, 6) is -0.206. The van der Waals surface area contributed by atoms with Crippen molar-refractivity contribution >= 4 is 15.6 Å². The van der Waals surface area contributed by atoms with Gasteiger partial charge in [-0.2, -0.15) is 0 Å². The minimum absolute atomic E-state index is 0.206. The fourth-order valence-electron chi connectivity index (χ4n) is 1.51. The molecule has 0 aromatic carbocycles. The van der Waals surface area contributed by atoms with E-state index in [9.17, 15) is 13.2 Å². The van der Waals surface area contributed by atoms with E-state index in [1.165, 1.54) is 6.92 Å². The Morgan fingerprint density at radius 1 is 1.23 bits per heavy atom. The van der Waals surface area contributed by atoms with Crippen molar-refractivity contribution in [1.82, 2.24) is 0 Å². The number of ketones is 1. The largest absolute Gasteiger partial charge is 0.298 e. The smallest absolute Gasteiger partial charge is 0.167 e. The minimum Gasteiger partial charge on any atom is -0.298 e. The Hall–Kier alpha value is -0.380. The third-order valence-electron chi connectivity index (χ3n) is 2.67. The molecule has 0 radical (unpaired) electrons. The van der Waals surface area contributed by atoms with Gasteiger partial charge in [0, 0.05) is 0 Å². The zero-order valence-corrected chi connectivity index (χ0v) is 9.36. The molecular formula is C9H16O3S. The molecule has 0 heterocycles. The van der Waals surface area contributed by atoms with Crippen molar-refractivity contribution in [2.75, 3.05) is 0 Å². The summed E-state index contributed by atoms with van der Waals surface area (Å²) in [4.78, 5) is 11.2. The predicted molar refractivity (Wildman–Crippen MR) is 51.3 cm³/mol. The zero-order valence-electron chi connectivity index (χ0n) is 8.55. The predicted octanol–water partition coefficient (Wildman–Crippen LogP) is 1.32. The second-order valence-corrected chi connectivity index (χ2v) is 7.68. The Kier molecular flexibility index (Phi) is 2.11. The molecule has 1 fully saturated rings. The van der Waals surface area contributed by atoms with Crippen LogP contribution in [0.25, 0.3) is 0 Å². The van der Waals surface area contributed by atoms with Gasteiger partial charge in [-0.25, -0.2) is 8.42 Å². The molecule has 1 aliphatic carbocycles. The van der Waals surface area contributed by atoms with Gasteiger partial charge in [0.15, 0.2) is 15.6 Å². The molecule has 1 rings (SSSR count). The Morgan fingerprint density at radius 3 is 1.69 bits per heavy atom. The second-order valence-electron chi connectivity index (χ2n) is 4.67. The van der Waals surface area contributed by atoms with Gasteiger partial charge >= 0.3 is 0 Å². The van der Waals surface area contributed by atoms with E-state index in [-0.39, 0.29) is 5.78 Å². The van der Waals surface area contributed by atoms with Crippen LogP contribution in [0, 0.1) is 0 Å². The maximum Gasteiger partial charge on any atom is 0.167 e. The lowest BCUT2D eigenvalue weighted by atomic mass is 10.2. The van der Waals surface area contributed by atoms with Crippen molar-refractivity contribution < 1.29 is 13.2 Å². The Balaban J connectivity index is 3.17. The van der Waals surface area contributed by atoms with Gasteiger partial charge in [-0.15, -0.1) is 0 Å². The summed E-state index contributed by atoms with van der Waals surface area (Å²) in [6.45, 7) is 6.30. The highest BCUT2D eigenvalue weighted by molar-refractivity contribution is 7.95. The van der Waals surface area contributed by atoms with Gasteiger partial charge in [0.05, 0.1) is 4.75 Å². The molecule has 0 saturated heterocycles. The third kappa shape index (κ3) is 1.31. The molecule has 0 spiro atoms. The van der Waals surface area contributed by atoms with E-state index < -0.39 is 19.3 Å². The van der Waals surface area contributed by atoms with Crippen LogP contribution in [0.2, 0.25) is 0 Å². The third-order valence-corrected chi connectivity index (χ3v) is 6.00. The molecule has 0 bridgehead atoms. The molecule has 0 aromatic heterocycles. The summed E-state index contributed by atoms with van der Waals surface area (Å²) in [5, 5.41) is 0. The average Bonchev–Trinajstić information content (AvgIpc) is 2.61.